The molecule has 3 rings (SSSR count). The molecule has 0 unspecified atom stereocenters. The average Bonchev–Trinajstić information content (AvgIpc) is 3.00. The lowest BCUT2D eigenvalue weighted by Crippen LogP contribution is -2.04. The van der Waals surface area contributed by atoms with Crippen molar-refractivity contribution in [1.82, 2.24) is 19.7 Å². The Morgan fingerprint density at radius 2 is 2.33 bits per heavy atom. The molecule has 0 spiro atoms. The highest BCUT2D eigenvalue weighted by atomic mass is 16.6. The Bertz CT molecular complexity index is 820. The van der Waals surface area contributed by atoms with E-state index in [-0.39, 0.29) is 5.69 Å². The van der Waals surface area contributed by atoms with Crippen LogP contribution in [0.1, 0.15) is 5.56 Å². The Kier molecular flexibility index (Phi) is 2.94. The number of H-pyrrole nitrogens is 1. The van der Waals surface area contributed by atoms with Crippen LogP contribution >= 0.6 is 0 Å². The number of aromatic nitrogens is 4. The molecule has 21 heavy (non-hydrogen) atoms. The summed E-state index contributed by atoms with van der Waals surface area (Å²) in [5, 5.41) is 17.9. The molecule has 4 N–H and O–H groups in total. The molecule has 0 fully saturated rings. The highest BCUT2D eigenvalue weighted by molar-refractivity contribution is 5.79. The minimum absolute atomic E-state index is 0.0224. The van der Waals surface area contributed by atoms with Gasteiger partial charge < -0.3 is 16.0 Å². The second-order valence-electron chi connectivity index (χ2n) is 4.58. The van der Waals surface area contributed by atoms with Gasteiger partial charge >= 0.3 is 0 Å². The smallest absolute Gasteiger partial charge is 0.271 e. The lowest BCUT2D eigenvalue weighted by molar-refractivity contribution is -0.384. The zero-order valence-corrected chi connectivity index (χ0v) is 11.2. The van der Waals surface area contributed by atoms with E-state index in [0.29, 0.717) is 29.3 Å². The van der Waals surface area contributed by atoms with Crippen LogP contribution in [0.15, 0.2) is 24.4 Å². The van der Waals surface area contributed by atoms with Gasteiger partial charge in [-0.1, -0.05) is 0 Å². The van der Waals surface area contributed by atoms with Gasteiger partial charge in [-0.2, -0.15) is 5.10 Å². The van der Waals surface area contributed by atoms with Gasteiger partial charge in [0.1, 0.15) is 5.82 Å². The first-order valence-electron chi connectivity index (χ1n) is 6.19. The fourth-order valence-corrected chi connectivity index (χ4v) is 2.00. The van der Waals surface area contributed by atoms with E-state index in [1.807, 2.05) is 0 Å². The number of nitrogens with one attached hydrogen (secondary N) is 2. The Morgan fingerprint density at radius 3 is 3.00 bits per heavy atom. The summed E-state index contributed by atoms with van der Waals surface area (Å²) < 4.78 is 1.58. The molecule has 0 saturated heterocycles. The summed E-state index contributed by atoms with van der Waals surface area (Å²) >= 11 is 0. The predicted molar refractivity (Wildman–Crippen MR) is 77.7 cm³/mol. The number of fused-ring (bicyclic) bond motifs is 1. The third-order valence-corrected chi connectivity index (χ3v) is 3.19. The molecule has 0 atom stereocenters. The number of nitro groups is 1. The number of non-ortho nitro benzene ring substituents is 1. The molecule has 108 valence electrons. The normalized spacial score (nSPS) is 10.9. The third kappa shape index (κ3) is 2.36. The molecule has 2 heterocycles. The zero-order chi connectivity index (χ0) is 15.0. The van der Waals surface area contributed by atoms with Gasteiger partial charge in [0.15, 0.2) is 0 Å². The van der Waals surface area contributed by atoms with Crippen molar-refractivity contribution in [3.05, 3.63) is 40.1 Å². The first-order chi connectivity index (χ1) is 10.0. The molecule has 9 nitrogen and oxygen atoms in total. The number of nitro benzene ring substituents is 1. The van der Waals surface area contributed by atoms with Crippen LogP contribution in [0, 0.1) is 10.1 Å². The van der Waals surface area contributed by atoms with Crippen LogP contribution in [0.3, 0.4) is 0 Å². The second kappa shape index (κ2) is 4.78. The molecule has 3 aromatic rings. The van der Waals surface area contributed by atoms with Crippen molar-refractivity contribution >= 4 is 28.5 Å². The van der Waals surface area contributed by atoms with Gasteiger partial charge in [-0.25, -0.2) is 4.98 Å². The van der Waals surface area contributed by atoms with Crippen LogP contribution in [-0.2, 0) is 13.6 Å². The Balaban J connectivity index is 1.81. The summed E-state index contributed by atoms with van der Waals surface area (Å²) in [6, 6.07) is 4.48. The number of nitrogens with two attached hydrogens (primary N) is 1. The molecular weight excluding hydrogens is 274 g/mol. The fourth-order valence-electron chi connectivity index (χ4n) is 2.00. The summed E-state index contributed by atoms with van der Waals surface area (Å²) in [5.41, 5.74) is 7.98. The summed E-state index contributed by atoms with van der Waals surface area (Å²) in [5.74, 6) is 1.10. The summed E-state index contributed by atoms with van der Waals surface area (Å²) in [7, 11) is 1.76. The van der Waals surface area contributed by atoms with Crippen LogP contribution in [-0.4, -0.2) is 24.7 Å². The van der Waals surface area contributed by atoms with Gasteiger partial charge in [0, 0.05) is 31.3 Å². The fraction of sp³-hybridized carbons (Fsp3) is 0.167. The lowest BCUT2D eigenvalue weighted by atomic mass is 10.3. The summed E-state index contributed by atoms with van der Waals surface area (Å²) in [6.07, 6.45) is 1.68. The van der Waals surface area contributed by atoms with Crippen molar-refractivity contribution in [2.45, 2.75) is 6.54 Å². The molecule has 0 saturated carbocycles. The van der Waals surface area contributed by atoms with Crippen LogP contribution < -0.4 is 11.1 Å². The molecule has 0 aliphatic rings. The van der Waals surface area contributed by atoms with Gasteiger partial charge in [-0.05, 0) is 6.07 Å². The zero-order valence-electron chi connectivity index (χ0n) is 11.2. The van der Waals surface area contributed by atoms with Gasteiger partial charge in [-0.15, -0.1) is 0 Å². The van der Waals surface area contributed by atoms with Gasteiger partial charge in [0.2, 0.25) is 5.95 Å². The number of aryl methyl sites for hydroxylation is 1. The first-order valence-corrected chi connectivity index (χ1v) is 6.19. The minimum Gasteiger partial charge on any atom is -0.384 e. The monoisotopic (exact) mass is 287 g/mol. The number of nitrogen functional groups attached to an aromatic ring is 1. The van der Waals surface area contributed by atoms with E-state index < -0.39 is 4.92 Å². The van der Waals surface area contributed by atoms with Crippen LogP contribution in [0.5, 0.6) is 0 Å². The number of nitrogens with zero attached hydrogens (tertiary/aromatic N) is 4. The Morgan fingerprint density at radius 1 is 1.52 bits per heavy atom. The predicted octanol–water partition coefficient (Wildman–Crippen LogP) is 1.40. The first kappa shape index (κ1) is 12.9. The van der Waals surface area contributed by atoms with E-state index >= 15 is 0 Å². The van der Waals surface area contributed by atoms with Crippen LogP contribution in [0.25, 0.3) is 11.0 Å². The van der Waals surface area contributed by atoms with Gasteiger partial charge in [0.25, 0.3) is 5.69 Å². The van der Waals surface area contributed by atoms with Crippen molar-refractivity contribution in [3.63, 3.8) is 0 Å². The van der Waals surface area contributed by atoms with Crippen LogP contribution in [0.2, 0.25) is 0 Å². The Labute approximate surface area is 118 Å². The summed E-state index contributed by atoms with van der Waals surface area (Å²) in [6.45, 7) is 0.460. The van der Waals surface area contributed by atoms with Gasteiger partial charge in [-0.3, -0.25) is 14.8 Å². The van der Waals surface area contributed by atoms with E-state index in [9.17, 15) is 10.1 Å². The molecule has 0 aliphatic carbocycles. The number of benzene rings is 1. The molecule has 0 aliphatic heterocycles. The number of imidazole rings is 1. The molecular formula is C12H13N7O2. The standard InChI is InChI=1S/C12H13N7O2/c1-18-11(13)7(6-15-18)5-14-12-16-9-3-2-8(19(20)21)4-10(9)17-12/h2-4,6H,5,13H2,1H3,(H2,14,16,17). The van der Waals surface area contributed by atoms with Crippen molar-refractivity contribution in [3.8, 4) is 0 Å². The highest BCUT2D eigenvalue weighted by Gasteiger charge is 2.10. The largest absolute Gasteiger partial charge is 0.384 e. The molecule has 0 bridgehead atoms. The molecule has 1 aromatic carbocycles. The van der Waals surface area contributed by atoms with Crippen molar-refractivity contribution in [1.29, 1.82) is 0 Å². The SMILES string of the molecule is Cn1ncc(CNc2nc3ccc([N+](=O)[O-])cc3[nH]2)c1N. The van der Waals surface area contributed by atoms with E-state index in [2.05, 4.69) is 20.4 Å². The van der Waals surface area contributed by atoms with Crippen molar-refractivity contribution in [2.24, 2.45) is 7.05 Å². The summed E-state index contributed by atoms with van der Waals surface area (Å²) in [4.78, 5) is 17.6. The third-order valence-electron chi connectivity index (χ3n) is 3.19. The van der Waals surface area contributed by atoms with E-state index in [0.717, 1.165) is 5.56 Å². The maximum Gasteiger partial charge on any atom is 0.271 e. The Hall–Kier alpha value is -3.10. The maximum atomic E-state index is 10.7. The minimum atomic E-state index is -0.441. The van der Waals surface area contributed by atoms with E-state index in [1.54, 1.807) is 24.0 Å². The topological polar surface area (TPSA) is 128 Å². The quantitative estimate of drug-likeness (QED) is 0.491. The molecule has 0 radical (unpaired) electrons. The molecule has 0 amide bonds. The molecule has 2 aromatic heterocycles. The van der Waals surface area contributed by atoms with E-state index in [1.165, 1.54) is 12.1 Å². The van der Waals surface area contributed by atoms with Crippen LogP contribution in [0.4, 0.5) is 17.5 Å². The maximum absolute atomic E-state index is 10.7. The lowest BCUT2D eigenvalue weighted by Gasteiger charge is -2.01. The van der Waals surface area contributed by atoms with E-state index in [4.69, 9.17) is 5.73 Å². The number of rotatable bonds is 4. The van der Waals surface area contributed by atoms with Crippen molar-refractivity contribution < 1.29 is 4.92 Å². The van der Waals surface area contributed by atoms with Gasteiger partial charge in [0.05, 0.1) is 22.2 Å². The second-order valence-corrected chi connectivity index (χ2v) is 4.58. The molecule has 9 heteroatoms. The number of hydrogen-bond donors (Lipinski definition) is 3. The highest BCUT2D eigenvalue weighted by Crippen LogP contribution is 2.21. The number of anilines is 2. The number of aromatic amines is 1. The number of hydrogen-bond acceptors (Lipinski definition) is 6. The van der Waals surface area contributed by atoms with Crippen molar-refractivity contribution in [2.75, 3.05) is 11.1 Å². The average molecular weight is 287 g/mol.